The molecule has 0 heterocycles. The number of esters is 1. The molecule has 0 unspecified atom stereocenters. The molecule has 0 saturated heterocycles. The van der Waals surface area contributed by atoms with Crippen molar-refractivity contribution in [2.45, 2.75) is 13.8 Å². The first kappa shape index (κ1) is 16.4. The highest BCUT2D eigenvalue weighted by Gasteiger charge is 2.15. The fourth-order valence-corrected chi connectivity index (χ4v) is 1.68. The Morgan fingerprint density at radius 1 is 1.33 bits per heavy atom. The molecule has 5 nitrogen and oxygen atoms in total. The minimum Gasteiger partial charge on any atom is -0.452 e. The number of nitrogens with zero attached hydrogens (tertiary/aromatic N) is 2. The fourth-order valence-electron chi connectivity index (χ4n) is 1.68. The summed E-state index contributed by atoms with van der Waals surface area (Å²) >= 11 is 0. The second-order valence-corrected chi connectivity index (χ2v) is 4.63. The van der Waals surface area contributed by atoms with Gasteiger partial charge in [-0.05, 0) is 38.1 Å². The second kappa shape index (κ2) is 7.85. The minimum absolute atomic E-state index is 0.262. The number of carbonyl (C=O) groups is 2. The third-order valence-corrected chi connectivity index (χ3v) is 2.77. The summed E-state index contributed by atoms with van der Waals surface area (Å²) in [5.41, 5.74) is 1.63. The Balaban J connectivity index is 2.57. The van der Waals surface area contributed by atoms with Gasteiger partial charge in [0.05, 0.1) is 17.2 Å². The zero-order chi connectivity index (χ0) is 15.8. The zero-order valence-corrected chi connectivity index (χ0v) is 12.3. The molecule has 110 valence electrons. The number of hydrogen-bond acceptors (Lipinski definition) is 4. The van der Waals surface area contributed by atoms with E-state index in [1.165, 1.54) is 24.3 Å². The van der Waals surface area contributed by atoms with Crippen LogP contribution in [0.4, 0.5) is 0 Å². The normalized spacial score (nSPS) is 9.57. The van der Waals surface area contributed by atoms with E-state index in [1.54, 1.807) is 4.90 Å². The molecule has 5 heteroatoms. The van der Waals surface area contributed by atoms with Crippen molar-refractivity contribution >= 4 is 11.9 Å². The van der Waals surface area contributed by atoms with Crippen LogP contribution in [0.1, 0.15) is 29.8 Å². The quantitative estimate of drug-likeness (QED) is 0.593. The van der Waals surface area contributed by atoms with Crippen LogP contribution < -0.4 is 0 Å². The van der Waals surface area contributed by atoms with Crippen LogP contribution in [-0.4, -0.2) is 36.5 Å². The van der Waals surface area contributed by atoms with E-state index >= 15 is 0 Å². The van der Waals surface area contributed by atoms with Crippen molar-refractivity contribution in [2.75, 3.05) is 19.7 Å². The minimum atomic E-state index is -0.584. The molecule has 0 aliphatic heterocycles. The van der Waals surface area contributed by atoms with Crippen LogP contribution in [0.25, 0.3) is 0 Å². The summed E-state index contributed by atoms with van der Waals surface area (Å²) in [4.78, 5) is 25.3. The number of amides is 1. The van der Waals surface area contributed by atoms with E-state index in [9.17, 15) is 9.59 Å². The molecule has 0 saturated carbocycles. The Kier molecular flexibility index (Phi) is 6.15. The van der Waals surface area contributed by atoms with Gasteiger partial charge in [-0.1, -0.05) is 12.2 Å². The Labute approximate surface area is 124 Å². The molecule has 0 aliphatic rings. The van der Waals surface area contributed by atoms with Crippen LogP contribution >= 0.6 is 0 Å². The lowest BCUT2D eigenvalue weighted by Gasteiger charge is -2.20. The fraction of sp³-hybridized carbons (Fsp3) is 0.312. The third kappa shape index (κ3) is 5.11. The average molecular weight is 286 g/mol. The van der Waals surface area contributed by atoms with Crippen molar-refractivity contribution in [1.29, 1.82) is 5.26 Å². The third-order valence-electron chi connectivity index (χ3n) is 2.77. The molecule has 1 amide bonds. The summed E-state index contributed by atoms with van der Waals surface area (Å²) < 4.78 is 4.99. The van der Waals surface area contributed by atoms with Gasteiger partial charge >= 0.3 is 5.97 Å². The molecule has 1 aromatic carbocycles. The van der Waals surface area contributed by atoms with Crippen molar-refractivity contribution in [3.8, 4) is 6.07 Å². The van der Waals surface area contributed by atoms with Gasteiger partial charge in [0.1, 0.15) is 0 Å². The molecule has 21 heavy (non-hydrogen) atoms. The Morgan fingerprint density at radius 3 is 2.43 bits per heavy atom. The average Bonchev–Trinajstić information content (AvgIpc) is 2.49. The summed E-state index contributed by atoms with van der Waals surface area (Å²) in [5, 5.41) is 8.68. The van der Waals surface area contributed by atoms with E-state index < -0.39 is 5.97 Å². The summed E-state index contributed by atoms with van der Waals surface area (Å²) in [6.45, 7) is 8.11. The van der Waals surface area contributed by atoms with Crippen molar-refractivity contribution < 1.29 is 14.3 Å². The maximum absolute atomic E-state index is 11.9. The predicted molar refractivity (Wildman–Crippen MR) is 78.5 cm³/mol. The predicted octanol–water partition coefficient (Wildman–Crippen LogP) is 2.14. The van der Waals surface area contributed by atoms with Gasteiger partial charge in [0.25, 0.3) is 5.91 Å². The van der Waals surface area contributed by atoms with E-state index in [2.05, 4.69) is 6.58 Å². The Bertz CT molecular complexity index is 570. The van der Waals surface area contributed by atoms with E-state index in [0.29, 0.717) is 24.2 Å². The molecule has 0 aromatic heterocycles. The standard InChI is InChI=1S/C16H18N2O3/c1-4-18(10-12(2)3)15(19)11-21-16(20)14-7-5-13(9-17)6-8-14/h5-8H,2,4,10-11H2,1,3H3. The van der Waals surface area contributed by atoms with Gasteiger partial charge in [-0.2, -0.15) is 5.26 Å². The van der Waals surface area contributed by atoms with E-state index in [1.807, 2.05) is 19.9 Å². The SMILES string of the molecule is C=C(C)CN(CC)C(=O)COC(=O)c1ccc(C#N)cc1. The molecular weight excluding hydrogens is 268 g/mol. The molecule has 0 spiro atoms. The molecule has 0 bridgehead atoms. The van der Waals surface area contributed by atoms with Crippen molar-refractivity contribution in [1.82, 2.24) is 4.90 Å². The molecule has 0 aliphatic carbocycles. The number of benzene rings is 1. The van der Waals surface area contributed by atoms with Crippen LogP contribution in [0.15, 0.2) is 36.4 Å². The van der Waals surface area contributed by atoms with Crippen LogP contribution in [0.5, 0.6) is 0 Å². The topological polar surface area (TPSA) is 70.4 Å². The van der Waals surface area contributed by atoms with Crippen LogP contribution in [0.2, 0.25) is 0 Å². The summed E-state index contributed by atoms with van der Waals surface area (Å²) in [6.07, 6.45) is 0. The highest BCUT2D eigenvalue weighted by molar-refractivity contribution is 5.91. The van der Waals surface area contributed by atoms with Crippen molar-refractivity contribution in [2.24, 2.45) is 0 Å². The molecule has 1 rings (SSSR count). The Hall–Kier alpha value is -2.61. The number of rotatable bonds is 6. The molecule has 0 radical (unpaired) electrons. The van der Waals surface area contributed by atoms with Crippen LogP contribution in [0, 0.1) is 11.3 Å². The van der Waals surface area contributed by atoms with Gasteiger partial charge in [0, 0.05) is 13.1 Å². The second-order valence-electron chi connectivity index (χ2n) is 4.63. The van der Waals surface area contributed by atoms with Gasteiger partial charge < -0.3 is 9.64 Å². The van der Waals surface area contributed by atoms with Gasteiger partial charge in [-0.3, -0.25) is 4.79 Å². The first-order valence-electron chi connectivity index (χ1n) is 6.57. The van der Waals surface area contributed by atoms with Gasteiger partial charge in [0.2, 0.25) is 0 Å². The van der Waals surface area contributed by atoms with Gasteiger partial charge in [0.15, 0.2) is 6.61 Å². The smallest absolute Gasteiger partial charge is 0.338 e. The van der Waals surface area contributed by atoms with Gasteiger partial charge in [-0.15, -0.1) is 0 Å². The lowest BCUT2D eigenvalue weighted by atomic mass is 10.1. The zero-order valence-electron chi connectivity index (χ0n) is 12.3. The summed E-state index contributed by atoms with van der Waals surface area (Å²) in [6, 6.07) is 8.01. The van der Waals surface area contributed by atoms with Crippen molar-refractivity contribution in [3.63, 3.8) is 0 Å². The highest BCUT2D eigenvalue weighted by atomic mass is 16.5. The lowest BCUT2D eigenvalue weighted by molar-refractivity contribution is -0.133. The molecule has 0 fully saturated rings. The summed E-state index contributed by atoms with van der Waals surface area (Å²) in [7, 11) is 0. The number of carbonyl (C=O) groups excluding carboxylic acids is 2. The van der Waals surface area contributed by atoms with E-state index in [-0.39, 0.29) is 12.5 Å². The number of likely N-dealkylation sites (N-methyl/N-ethyl adjacent to an activating group) is 1. The maximum Gasteiger partial charge on any atom is 0.338 e. The van der Waals surface area contributed by atoms with Crippen molar-refractivity contribution in [3.05, 3.63) is 47.5 Å². The molecule has 0 N–H and O–H groups in total. The highest BCUT2D eigenvalue weighted by Crippen LogP contribution is 2.05. The Morgan fingerprint density at radius 2 is 1.95 bits per heavy atom. The molecule has 0 atom stereocenters. The lowest BCUT2D eigenvalue weighted by Crippen LogP contribution is -2.35. The number of hydrogen-bond donors (Lipinski definition) is 0. The van der Waals surface area contributed by atoms with Crippen LogP contribution in [0.3, 0.4) is 0 Å². The molecular formula is C16H18N2O3. The van der Waals surface area contributed by atoms with Gasteiger partial charge in [-0.25, -0.2) is 4.79 Å². The number of ether oxygens (including phenoxy) is 1. The monoisotopic (exact) mass is 286 g/mol. The molecule has 1 aromatic rings. The first-order valence-corrected chi connectivity index (χ1v) is 6.57. The van der Waals surface area contributed by atoms with E-state index in [4.69, 9.17) is 10.00 Å². The summed E-state index contributed by atoms with van der Waals surface area (Å²) in [5.74, 6) is -0.846. The van der Waals surface area contributed by atoms with Crippen LogP contribution in [-0.2, 0) is 9.53 Å². The number of nitriles is 1. The first-order chi connectivity index (χ1) is 9.97. The van der Waals surface area contributed by atoms with E-state index in [0.717, 1.165) is 5.57 Å². The maximum atomic E-state index is 11.9. The largest absolute Gasteiger partial charge is 0.452 e.